The molecule has 1 heterocycles. The second kappa shape index (κ2) is 9.71. The van der Waals surface area contributed by atoms with Crippen LogP contribution in [0.3, 0.4) is 0 Å². The van der Waals surface area contributed by atoms with Crippen LogP contribution in [-0.2, 0) is 11.3 Å². The first-order valence-electron chi connectivity index (χ1n) is 9.34. The third-order valence-corrected chi connectivity index (χ3v) is 4.21. The van der Waals surface area contributed by atoms with Crippen molar-refractivity contribution in [3.8, 4) is 11.4 Å². The summed E-state index contributed by atoms with van der Waals surface area (Å²) in [6.07, 6.45) is 3.82. The molecule has 0 aliphatic heterocycles. The molecular formula is C22H26N4O2. The summed E-state index contributed by atoms with van der Waals surface area (Å²) < 4.78 is 7.48. The molecule has 0 aliphatic carbocycles. The zero-order valence-corrected chi connectivity index (χ0v) is 16.3. The molecule has 0 radical (unpaired) electrons. The molecule has 1 aromatic heterocycles. The highest BCUT2D eigenvalue weighted by Crippen LogP contribution is 2.12. The monoisotopic (exact) mass is 378 g/mol. The van der Waals surface area contributed by atoms with Crippen LogP contribution in [0, 0.1) is 6.92 Å². The van der Waals surface area contributed by atoms with Crippen LogP contribution in [0.1, 0.15) is 11.1 Å². The van der Waals surface area contributed by atoms with Crippen molar-refractivity contribution in [1.82, 2.24) is 20.0 Å². The van der Waals surface area contributed by atoms with Crippen LogP contribution in [0.2, 0.25) is 0 Å². The average Bonchev–Trinajstić information content (AvgIpc) is 3.14. The van der Waals surface area contributed by atoms with E-state index >= 15 is 0 Å². The Balaban J connectivity index is 1.38. The topological polar surface area (TPSA) is 59.4 Å². The lowest BCUT2D eigenvalue weighted by Crippen LogP contribution is -2.36. The Hall–Kier alpha value is -3.12. The number of aromatic nitrogens is 2. The van der Waals surface area contributed by atoms with Crippen molar-refractivity contribution in [1.29, 1.82) is 0 Å². The van der Waals surface area contributed by atoms with E-state index in [1.165, 1.54) is 0 Å². The largest absolute Gasteiger partial charge is 0.492 e. The molecule has 28 heavy (non-hydrogen) atoms. The molecule has 1 N–H and O–H groups in total. The van der Waals surface area contributed by atoms with E-state index in [-0.39, 0.29) is 5.91 Å². The lowest BCUT2D eigenvalue weighted by Gasteiger charge is -2.15. The number of likely N-dealkylation sites (N-methyl/N-ethyl adjacent to an activating group) is 1. The third kappa shape index (κ3) is 5.96. The fraction of sp³-hybridized carbons (Fsp3) is 0.273. The molecule has 0 atom stereocenters. The van der Waals surface area contributed by atoms with Gasteiger partial charge in [0, 0.05) is 18.3 Å². The molecule has 0 aliphatic rings. The van der Waals surface area contributed by atoms with E-state index in [0.29, 0.717) is 26.2 Å². The van der Waals surface area contributed by atoms with Crippen molar-refractivity contribution in [2.24, 2.45) is 0 Å². The van der Waals surface area contributed by atoms with E-state index in [4.69, 9.17) is 4.74 Å². The van der Waals surface area contributed by atoms with Gasteiger partial charge in [0.2, 0.25) is 5.91 Å². The lowest BCUT2D eigenvalue weighted by atomic mass is 10.2. The van der Waals surface area contributed by atoms with E-state index in [1.807, 2.05) is 90.5 Å². The minimum absolute atomic E-state index is 0.0224. The summed E-state index contributed by atoms with van der Waals surface area (Å²) >= 11 is 0. The predicted molar refractivity (Wildman–Crippen MR) is 110 cm³/mol. The van der Waals surface area contributed by atoms with Crippen molar-refractivity contribution in [3.63, 3.8) is 0 Å². The third-order valence-electron chi connectivity index (χ3n) is 4.21. The minimum Gasteiger partial charge on any atom is -0.492 e. The van der Waals surface area contributed by atoms with Gasteiger partial charge < -0.3 is 10.1 Å². The van der Waals surface area contributed by atoms with Crippen LogP contribution in [-0.4, -0.2) is 47.3 Å². The number of para-hydroxylation sites is 1. The van der Waals surface area contributed by atoms with E-state index in [0.717, 1.165) is 22.6 Å². The Bertz CT molecular complexity index is 892. The maximum Gasteiger partial charge on any atom is 0.234 e. The molecule has 1 amide bonds. The molecule has 0 saturated heterocycles. The first-order valence-corrected chi connectivity index (χ1v) is 9.34. The molecule has 146 valence electrons. The van der Waals surface area contributed by atoms with Gasteiger partial charge in [0.25, 0.3) is 0 Å². The molecule has 0 unspecified atom stereocenters. The van der Waals surface area contributed by atoms with Gasteiger partial charge in [0.05, 0.1) is 25.0 Å². The van der Waals surface area contributed by atoms with Gasteiger partial charge in [-0.1, -0.05) is 30.3 Å². The SMILES string of the molecule is Cc1cccc(OCCNC(=O)CN(C)Cc2cnn(-c3ccccc3)c2)c1. The van der Waals surface area contributed by atoms with Crippen molar-refractivity contribution >= 4 is 5.91 Å². The number of amides is 1. The first-order chi connectivity index (χ1) is 13.6. The number of hydrogen-bond donors (Lipinski definition) is 1. The molecule has 6 nitrogen and oxygen atoms in total. The number of hydrogen-bond acceptors (Lipinski definition) is 4. The smallest absolute Gasteiger partial charge is 0.234 e. The highest BCUT2D eigenvalue weighted by atomic mass is 16.5. The van der Waals surface area contributed by atoms with Gasteiger partial charge in [0.15, 0.2) is 0 Å². The van der Waals surface area contributed by atoms with Crippen molar-refractivity contribution in [2.45, 2.75) is 13.5 Å². The lowest BCUT2D eigenvalue weighted by molar-refractivity contribution is -0.122. The molecule has 0 fully saturated rings. The highest BCUT2D eigenvalue weighted by molar-refractivity contribution is 5.77. The molecular weight excluding hydrogens is 352 g/mol. The first kappa shape index (κ1) is 19.6. The summed E-state index contributed by atoms with van der Waals surface area (Å²) in [5.41, 5.74) is 3.23. The molecule has 0 saturated carbocycles. The Kier molecular flexibility index (Phi) is 6.81. The van der Waals surface area contributed by atoms with Crippen LogP contribution in [0.15, 0.2) is 67.0 Å². The van der Waals surface area contributed by atoms with E-state index in [9.17, 15) is 4.79 Å². The van der Waals surface area contributed by atoms with Gasteiger partial charge in [0.1, 0.15) is 12.4 Å². The zero-order chi connectivity index (χ0) is 19.8. The molecule has 3 rings (SSSR count). The summed E-state index contributed by atoms with van der Waals surface area (Å²) in [6, 6.07) is 17.8. The molecule has 6 heteroatoms. The Labute approximate surface area is 165 Å². The zero-order valence-electron chi connectivity index (χ0n) is 16.3. The van der Waals surface area contributed by atoms with E-state index < -0.39 is 0 Å². The molecule has 2 aromatic carbocycles. The van der Waals surface area contributed by atoms with Crippen LogP contribution < -0.4 is 10.1 Å². The Morgan fingerprint density at radius 3 is 2.79 bits per heavy atom. The van der Waals surface area contributed by atoms with Crippen molar-refractivity contribution in [3.05, 3.63) is 78.1 Å². The van der Waals surface area contributed by atoms with Crippen LogP contribution in [0.25, 0.3) is 5.69 Å². The van der Waals surface area contributed by atoms with Gasteiger partial charge in [-0.2, -0.15) is 5.10 Å². The number of ether oxygens (including phenoxy) is 1. The van der Waals surface area contributed by atoms with Gasteiger partial charge in [-0.25, -0.2) is 4.68 Å². The Morgan fingerprint density at radius 2 is 2.00 bits per heavy atom. The Morgan fingerprint density at radius 1 is 1.18 bits per heavy atom. The fourth-order valence-corrected chi connectivity index (χ4v) is 2.90. The average molecular weight is 378 g/mol. The predicted octanol–water partition coefficient (Wildman–Crippen LogP) is 2.81. The summed E-state index contributed by atoms with van der Waals surface area (Å²) in [4.78, 5) is 14.1. The number of rotatable bonds is 9. The number of benzene rings is 2. The summed E-state index contributed by atoms with van der Waals surface area (Å²) in [5.74, 6) is 0.799. The second-order valence-corrected chi connectivity index (χ2v) is 6.82. The van der Waals surface area contributed by atoms with Gasteiger partial charge in [-0.15, -0.1) is 0 Å². The quantitative estimate of drug-likeness (QED) is 0.582. The highest BCUT2D eigenvalue weighted by Gasteiger charge is 2.09. The summed E-state index contributed by atoms with van der Waals surface area (Å²) in [7, 11) is 1.92. The minimum atomic E-state index is -0.0224. The van der Waals surface area contributed by atoms with E-state index in [1.54, 1.807) is 0 Å². The number of carbonyl (C=O) groups is 1. The standard InChI is InChI=1S/C22H26N4O2/c1-18-7-6-10-21(13-18)28-12-11-23-22(27)17-25(2)15-19-14-24-26(16-19)20-8-4-3-5-9-20/h3-10,13-14,16H,11-12,15,17H2,1-2H3,(H,23,27). The van der Waals surface area contributed by atoms with Gasteiger partial charge >= 0.3 is 0 Å². The number of nitrogens with zero attached hydrogens (tertiary/aromatic N) is 3. The van der Waals surface area contributed by atoms with Crippen molar-refractivity contribution in [2.75, 3.05) is 26.7 Å². The van der Waals surface area contributed by atoms with Gasteiger partial charge in [-0.3, -0.25) is 9.69 Å². The number of nitrogens with one attached hydrogen (secondary N) is 1. The number of carbonyl (C=O) groups excluding carboxylic acids is 1. The molecule has 0 bridgehead atoms. The van der Waals surface area contributed by atoms with Crippen LogP contribution in [0.4, 0.5) is 0 Å². The van der Waals surface area contributed by atoms with Crippen LogP contribution in [0.5, 0.6) is 5.75 Å². The van der Waals surface area contributed by atoms with Crippen LogP contribution >= 0.6 is 0 Å². The molecule has 0 spiro atoms. The normalized spacial score (nSPS) is 10.8. The van der Waals surface area contributed by atoms with Crippen molar-refractivity contribution < 1.29 is 9.53 Å². The maximum absolute atomic E-state index is 12.1. The number of aryl methyl sites for hydroxylation is 1. The summed E-state index contributed by atoms with van der Waals surface area (Å²) in [5, 5.41) is 7.28. The molecule has 3 aromatic rings. The fourth-order valence-electron chi connectivity index (χ4n) is 2.90. The van der Waals surface area contributed by atoms with E-state index in [2.05, 4.69) is 10.4 Å². The maximum atomic E-state index is 12.1. The second-order valence-electron chi connectivity index (χ2n) is 6.82. The summed E-state index contributed by atoms with van der Waals surface area (Å²) in [6.45, 7) is 3.92. The van der Waals surface area contributed by atoms with Gasteiger partial charge in [-0.05, 0) is 43.8 Å².